The molecule has 1 aromatic rings. The third-order valence-electron chi connectivity index (χ3n) is 1.40. The average Bonchev–Trinajstić information content (AvgIpc) is 2.12. The predicted molar refractivity (Wildman–Crippen MR) is 79.3 cm³/mol. The predicted octanol–water partition coefficient (Wildman–Crippen LogP) is -0.378. The number of benzene rings is 1. The Hall–Kier alpha value is -0.0800. The van der Waals surface area contributed by atoms with Crippen molar-refractivity contribution >= 4 is 50.4 Å². The van der Waals surface area contributed by atoms with Gasteiger partial charge in [0.05, 0.1) is 0 Å². The summed E-state index contributed by atoms with van der Waals surface area (Å²) in [5.41, 5.74) is 6.94. The molecule has 6 N–H and O–H groups in total. The molecule has 0 radical (unpaired) electrons. The Morgan fingerprint density at radius 3 is 1.48 bits per heavy atom. The summed E-state index contributed by atoms with van der Waals surface area (Å²) < 4.78 is 63.2. The summed E-state index contributed by atoms with van der Waals surface area (Å²) >= 11 is 0. The van der Waals surface area contributed by atoms with Crippen molar-refractivity contribution in [2.45, 2.75) is 19.4 Å². The third-order valence-corrected chi connectivity index (χ3v) is 1.40. The molecular formula is C9H18NNaO8S2. The number of hydrogen-bond acceptors (Lipinski definition) is 5. The Morgan fingerprint density at radius 2 is 1.24 bits per heavy atom. The number of hydrogen-bond donors (Lipinski definition) is 5. The molecule has 1 atom stereocenters. The van der Waals surface area contributed by atoms with Crippen molar-refractivity contribution in [2.24, 2.45) is 5.73 Å². The van der Waals surface area contributed by atoms with Crippen LogP contribution < -0.4 is 5.73 Å². The standard InChI is InChI=1S/C9H13N.Na.2H2O4S.H/c1-8(10)7-9-5-3-2-4-6-9;;2*1-5(2,3)4;/h2-6,8H,7,10H2,1H3;;2*(H2,1,2,3,4);/t8-;;;;/m0..../s1. The molecule has 0 heterocycles. The van der Waals surface area contributed by atoms with E-state index in [4.69, 9.17) is 40.8 Å². The molecule has 0 spiro atoms. The first-order valence-corrected chi connectivity index (χ1v) is 7.77. The van der Waals surface area contributed by atoms with Gasteiger partial charge < -0.3 is 5.73 Å². The minimum atomic E-state index is -4.67. The zero-order valence-electron chi connectivity index (χ0n) is 10.5. The van der Waals surface area contributed by atoms with Crippen LogP contribution in [0.2, 0.25) is 0 Å². The van der Waals surface area contributed by atoms with E-state index in [1.807, 2.05) is 25.1 Å². The molecule has 0 unspecified atom stereocenters. The average molecular weight is 355 g/mol. The van der Waals surface area contributed by atoms with Gasteiger partial charge >= 0.3 is 50.4 Å². The van der Waals surface area contributed by atoms with E-state index in [1.54, 1.807) is 0 Å². The summed E-state index contributed by atoms with van der Waals surface area (Å²) in [6, 6.07) is 10.6. The van der Waals surface area contributed by atoms with Gasteiger partial charge in [-0.3, -0.25) is 18.2 Å². The Morgan fingerprint density at radius 1 is 0.952 bits per heavy atom. The van der Waals surface area contributed by atoms with Crippen molar-refractivity contribution in [3.05, 3.63) is 35.9 Å². The quantitative estimate of drug-likeness (QED) is 0.350. The fourth-order valence-electron chi connectivity index (χ4n) is 0.986. The topological polar surface area (TPSA) is 175 Å². The Kier molecular flexibility index (Phi) is 15.3. The van der Waals surface area contributed by atoms with Gasteiger partial charge in [0.1, 0.15) is 0 Å². The van der Waals surface area contributed by atoms with Gasteiger partial charge in [0, 0.05) is 6.04 Å². The molecule has 1 aromatic carbocycles. The Labute approximate surface area is 146 Å². The van der Waals surface area contributed by atoms with E-state index in [0.29, 0.717) is 0 Å². The zero-order valence-corrected chi connectivity index (χ0v) is 12.1. The molecule has 21 heavy (non-hydrogen) atoms. The van der Waals surface area contributed by atoms with Crippen molar-refractivity contribution < 1.29 is 35.0 Å². The van der Waals surface area contributed by atoms with Crippen LogP contribution in [0.1, 0.15) is 12.5 Å². The van der Waals surface area contributed by atoms with E-state index >= 15 is 0 Å². The van der Waals surface area contributed by atoms with E-state index in [2.05, 4.69) is 12.1 Å². The molecule has 0 aliphatic rings. The maximum absolute atomic E-state index is 8.74. The van der Waals surface area contributed by atoms with Crippen LogP contribution in [0.25, 0.3) is 0 Å². The summed E-state index contributed by atoms with van der Waals surface area (Å²) in [5, 5.41) is 0. The van der Waals surface area contributed by atoms with Crippen molar-refractivity contribution in [1.82, 2.24) is 0 Å². The molecule has 0 aromatic heterocycles. The molecule has 0 aliphatic carbocycles. The van der Waals surface area contributed by atoms with Crippen molar-refractivity contribution in [3.8, 4) is 0 Å². The molecule has 120 valence electrons. The van der Waals surface area contributed by atoms with Gasteiger partial charge in [0.25, 0.3) is 0 Å². The summed E-state index contributed by atoms with van der Waals surface area (Å²) in [5.74, 6) is 0. The van der Waals surface area contributed by atoms with Crippen LogP contribution in [0.4, 0.5) is 0 Å². The molecule has 0 fully saturated rings. The molecular weight excluding hydrogens is 337 g/mol. The van der Waals surface area contributed by atoms with Crippen LogP contribution >= 0.6 is 0 Å². The maximum atomic E-state index is 8.74. The molecule has 0 amide bonds. The zero-order chi connectivity index (χ0) is 16.4. The van der Waals surface area contributed by atoms with Crippen LogP contribution in [0.15, 0.2) is 30.3 Å². The van der Waals surface area contributed by atoms with E-state index in [9.17, 15) is 0 Å². The van der Waals surface area contributed by atoms with Crippen molar-refractivity contribution in [1.29, 1.82) is 0 Å². The third kappa shape index (κ3) is 45.0. The van der Waals surface area contributed by atoms with Gasteiger partial charge in [-0.25, -0.2) is 0 Å². The second kappa shape index (κ2) is 12.5. The monoisotopic (exact) mass is 355 g/mol. The Balaban J connectivity index is -0.000000254. The molecule has 0 aliphatic heterocycles. The van der Waals surface area contributed by atoms with Crippen molar-refractivity contribution in [2.75, 3.05) is 0 Å². The fourth-order valence-corrected chi connectivity index (χ4v) is 0.986. The van der Waals surface area contributed by atoms with Gasteiger partial charge in [-0.1, -0.05) is 30.3 Å². The normalized spacial score (nSPS) is 11.7. The first-order valence-electron chi connectivity index (χ1n) is 4.98. The first-order chi connectivity index (χ1) is 8.79. The summed E-state index contributed by atoms with van der Waals surface area (Å²) in [7, 11) is -9.33. The van der Waals surface area contributed by atoms with E-state index in [1.165, 1.54) is 5.56 Å². The first kappa shape index (κ1) is 25.9. The van der Waals surface area contributed by atoms with Crippen LogP contribution in [-0.4, -0.2) is 70.6 Å². The second-order valence-corrected chi connectivity index (χ2v) is 5.35. The summed E-state index contributed by atoms with van der Waals surface area (Å²) in [6.45, 7) is 2.02. The van der Waals surface area contributed by atoms with E-state index in [0.717, 1.165) is 6.42 Å². The molecule has 1 rings (SSSR count). The van der Waals surface area contributed by atoms with Gasteiger partial charge in [-0.05, 0) is 18.9 Å². The van der Waals surface area contributed by atoms with Gasteiger partial charge in [-0.2, -0.15) is 16.8 Å². The molecule has 9 nitrogen and oxygen atoms in total. The molecule has 12 heteroatoms. The van der Waals surface area contributed by atoms with Crippen LogP contribution in [0, 0.1) is 0 Å². The molecule has 0 saturated heterocycles. The van der Waals surface area contributed by atoms with Gasteiger partial charge in [-0.15, -0.1) is 0 Å². The van der Waals surface area contributed by atoms with Crippen LogP contribution in [0.3, 0.4) is 0 Å². The molecule has 0 saturated carbocycles. The van der Waals surface area contributed by atoms with E-state index in [-0.39, 0.29) is 35.6 Å². The van der Waals surface area contributed by atoms with Crippen molar-refractivity contribution in [3.63, 3.8) is 0 Å². The summed E-state index contributed by atoms with van der Waals surface area (Å²) in [6.07, 6.45) is 0.973. The van der Waals surface area contributed by atoms with Gasteiger partial charge in [0.2, 0.25) is 0 Å². The van der Waals surface area contributed by atoms with Crippen LogP contribution in [-0.2, 0) is 27.2 Å². The number of rotatable bonds is 2. The SMILES string of the molecule is C[C@H](N)Cc1ccccc1.O=S(=O)(O)O.O=S(=O)(O)O.[NaH]. The minimum absolute atomic E-state index is 0. The number of nitrogens with two attached hydrogens (primary N) is 1. The fraction of sp³-hybridized carbons (Fsp3) is 0.333. The second-order valence-electron chi connectivity index (χ2n) is 3.56. The summed E-state index contributed by atoms with van der Waals surface area (Å²) in [4.78, 5) is 0. The van der Waals surface area contributed by atoms with Gasteiger partial charge in [0.15, 0.2) is 0 Å². The Bertz CT molecular complexity index is 513. The van der Waals surface area contributed by atoms with Crippen LogP contribution in [0.5, 0.6) is 0 Å². The molecule has 0 bridgehead atoms. The van der Waals surface area contributed by atoms with E-state index < -0.39 is 20.8 Å².